The van der Waals surface area contributed by atoms with Gasteiger partial charge >= 0.3 is 0 Å². The molecule has 9 rings (SSSR count). The molecule has 4 unspecified atom stereocenters. The smallest absolute Gasteiger partial charge is 0.240 e. The summed E-state index contributed by atoms with van der Waals surface area (Å²) in [6.45, 7) is 18.7. The van der Waals surface area contributed by atoms with Crippen molar-refractivity contribution in [1.29, 1.82) is 0 Å². The molecule has 6 N–H and O–H groups in total. The third-order valence-corrected chi connectivity index (χ3v) is 22.1. The fourth-order valence-electron chi connectivity index (χ4n) is 11.2. The van der Waals surface area contributed by atoms with Crippen LogP contribution in [0.15, 0.2) is 92.4 Å². The molecule has 0 aliphatic carbocycles. The van der Waals surface area contributed by atoms with Gasteiger partial charge in [-0.25, -0.2) is 69.3 Å². The van der Waals surface area contributed by atoms with Crippen molar-refractivity contribution < 1.29 is 25.3 Å². The minimum absolute atomic E-state index is 0.0129. The van der Waals surface area contributed by atoms with Crippen molar-refractivity contribution in [1.82, 2.24) is 58.8 Å². The van der Waals surface area contributed by atoms with Crippen LogP contribution in [-0.2, 0) is 30.1 Å². The van der Waals surface area contributed by atoms with E-state index in [1.807, 2.05) is 18.2 Å². The van der Waals surface area contributed by atoms with Gasteiger partial charge in [0.05, 0.1) is 14.7 Å². The van der Waals surface area contributed by atoms with Gasteiger partial charge in [0, 0.05) is 74.9 Å². The van der Waals surface area contributed by atoms with E-state index in [1.54, 1.807) is 48.5 Å². The molecule has 462 valence electrons. The first-order valence-corrected chi connectivity index (χ1v) is 36.5. The molecule has 22 heteroatoms. The van der Waals surface area contributed by atoms with Crippen molar-refractivity contribution in [2.24, 2.45) is 23.7 Å². The van der Waals surface area contributed by atoms with Gasteiger partial charge in [0.1, 0.15) is 22.6 Å². The number of hydrogen-bond donors (Lipinski definition) is 6. The third kappa shape index (κ3) is 15.0. The quantitative estimate of drug-likeness (QED) is 0.0214. The normalized spacial score (nSPS) is 14.1. The SMILES string of the molecule is CCCCC(CC)CNSc1ccc2c(c1)-c1nc-2nc2[nH]c(nc3nc(nc4[nH]c(n1)c1ccc(S(=O)(=O)NCC(CC)CCCC)cc41)-c1ccc(S(=O)(=O)NCC(CC)CCCC)cc1-3)c1ccc(S(=O)(=O)NCC(CC)CCCC)cc21. The summed E-state index contributed by atoms with van der Waals surface area (Å²) < 4.78 is 97.6. The summed E-state index contributed by atoms with van der Waals surface area (Å²) in [5.74, 6) is 1.98. The van der Waals surface area contributed by atoms with Crippen molar-refractivity contribution in [2.45, 2.75) is 178 Å². The maximum atomic E-state index is 14.2. The fraction of sp³-hybridized carbons (Fsp3) is 0.500. The van der Waals surface area contributed by atoms with E-state index >= 15 is 0 Å². The lowest BCUT2D eigenvalue weighted by Gasteiger charge is -2.15. The maximum absolute atomic E-state index is 14.2. The van der Waals surface area contributed by atoms with E-state index < -0.39 is 30.1 Å². The van der Waals surface area contributed by atoms with Gasteiger partial charge < -0.3 is 9.97 Å². The summed E-state index contributed by atoms with van der Waals surface area (Å²) in [4.78, 5) is 38.8. The molecule has 0 saturated heterocycles. The fourth-order valence-corrected chi connectivity index (χ4v) is 15.4. The van der Waals surface area contributed by atoms with Crippen LogP contribution in [-0.4, -0.2) is 91.3 Å². The molecule has 0 amide bonds. The summed E-state index contributed by atoms with van der Waals surface area (Å²) >= 11 is 1.54. The van der Waals surface area contributed by atoms with Crippen molar-refractivity contribution >= 4 is 86.2 Å². The highest BCUT2D eigenvalue weighted by Crippen LogP contribution is 2.40. The second kappa shape index (κ2) is 29.1. The number of aromatic amines is 2. The standard InChI is InChI=1S/C64H86N12O6S4/c1-9-17-21-41(13-5)37-65-83-45-25-29-49-53(33-45)61-69-57(49)71-62-55-35-47(85(79,80)67-39-43(15-7)23-19-11-3)27-31-51(55)59(73-62)75-64-56-36-48(86(81,82)68-40-44(16-8)24-20-12-4)28-32-52(56)60(76-64)74-63-54-34-46(26-30-50(54)58(70-61)72-63)84(77,78)66-38-42(14-6)22-18-10-2/h25-36,41-44,65-68H,9-24,37-40H2,1-8H3,(H2,69,70,71,72,73,74,75,76). The predicted octanol–water partition coefficient (Wildman–Crippen LogP) is 14.2. The average Bonchev–Trinajstić information content (AvgIpc) is 1.92. The van der Waals surface area contributed by atoms with Gasteiger partial charge in [-0.05, 0) is 134 Å². The van der Waals surface area contributed by atoms with Crippen LogP contribution in [0.4, 0.5) is 0 Å². The Kier molecular flexibility index (Phi) is 21.9. The summed E-state index contributed by atoms with van der Waals surface area (Å²) in [6.07, 6.45) is 15.8. The number of hydrogen-bond acceptors (Lipinski definition) is 14. The number of H-pyrrole nitrogens is 2. The number of nitrogens with zero attached hydrogens (tertiary/aromatic N) is 6. The molecular formula is C64H86N12O6S4. The van der Waals surface area contributed by atoms with Crippen molar-refractivity contribution in [3.63, 3.8) is 0 Å². The van der Waals surface area contributed by atoms with Crippen LogP contribution in [0.1, 0.15) is 158 Å². The lowest BCUT2D eigenvalue weighted by molar-refractivity contribution is 0.443. The first-order chi connectivity index (χ1) is 41.5. The lowest BCUT2D eigenvalue weighted by Crippen LogP contribution is -2.29. The molecule has 0 spiro atoms. The Morgan fingerprint density at radius 2 is 0.721 bits per heavy atom. The van der Waals surface area contributed by atoms with Crippen molar-refractivity contribution in [2.75, 3.05) is 26.2 Å². The second-order valence-electron chi connectivity index (χ2n) is 23.1. The molecule has 2 aliphatic heterocycles. The zero-order chi connectivity index (χ0) is 61.2. The number of unbranched alkanes of at least 4 members (excludes halogenated alkanes) is 4. The van der Waals surface area contributed by atoms with Gasteiger partial charge in [0.2, 0.25) is 30.1 Å². The summed E-state index contributed by atoms with van der Waals surface area (Å²) in [6, 6.07) is 20.5. The minimum Gasteiger partial charge on any atom is -0.324 e. The Morgan fingerprint density at radius 3 is 1.12 bits per heavy atom. The first kappa shape index (κ1) is 64.7. The molecule has 5 heterocycles. The summed E-state index contributed by atoms with van der Waals surface area (Å²) in [5, 5.41) is 1.97. The summed E-state index contributed by atoms with van der Waals surface area (Å²) in [5.41, 5.74) is 3.35. The highest BCUT2D eigenvalue weighted by Gasteiger charge is 2.28. The van der Waals surface area contributed by atoms with Gasteiger partial charge in [-0.1, -0.05) is 132 Å². The van der Waals surface area contributed by atoms with Crippen molar-refractivity contribution in [3.05, 3.63) is 72.8 Å². The van der Waals surface area contributed by atoms with Crippen LogP contribution < -0.4 is 18.9 Å². The number of aromatic nitrogens is 8. The largest absolute Gasteiger partial charge is 0.324 e. The maximum Gasteiger partial charge on any atom is 0.240 e. The molecule has 0 saturated carbocycles. The minimum atomic E-state index is -4.03. The Bertz CT molecular complexity index is 4000. The Labute approximate surface area is 512 Å². The van der Waals surface area contributed by atoms with Crippen LogP contribution in [0.2, 0.25) is 0 Å². The van der Waals surface area contributed by atoms with Crippen molar-refractivity contribution in [3.8, 4) is 45.6 Å². The van der Waals surface area contributed by atoms with E-state index in [9.17, 15) is 25.3 Å². The first-order valence-electron chi connectivity index (χ1n) is 31.2. The zero-order valence-electron chi connectivity index (χ0n) is 51.1. The summed E-state index contributed by atoms with van der Waals surface area (Å²) in [7, 11) is -12.0. The van der Waals surface area contributed by atoms with Gasteiger partial charge in [0.25, 0.3) is 0 Å². The number of rotatable bonds is 32. The molecule has 4 atom stereocenters. The van der Waals surface area contributed by atoms with Gasteiger partial charge in [0.15, 0.2) is 23.3 Å². The van der Waals surface area contributed by atoms with Crippen LogP contribution >= 0.6 is 11.9 Å². The highest BCUT2D eigenvalue weighted by atomic mass is 32.2. The lowest BCUT2D eigenvalue weighted by atomic mass is 10.00. The number of sulfonamides is 3. The predicted molar refractivity (Wildman–Crippen MR) is 349 cm³/mol. The molecule has 2 aliphatic rings. The molecule has 3 aromatic heterocycles. The molecule has 0 fully saturated rings. The molecule has 18 nitrogen and oxygen atoms in total. The molecule has 8 bridgehead atoms. The van der Waals surface area contributed by atoms with Crippen LogP contribution in [0, 0.1) is 23.7 Å². The van der Waals surface area contributed by atoms with Gasteiger partial charge in [-0.15, -0.1) is 0 Å². The third-order valence-electron chi connectivity index (χ3n) is 17.1. The highest BCUT2D eigenvalue weighted by molar-refractivity contribution is 7.97. The van der Waals surface area contributed by atoms with Crippen LogP contribution in [0.25, 0.3) is 89.7 Å². The molecule has 86 heavy (non-hydrogen) atoms. The Morgan fingerprint density at radius 1 is 0.384 bits per heavy atom. The van der Waals surface area contributed by atoms with E-state index in [2.05, 4.69) is 84.2 Å². The Hall–Kier alpha value is -5.72. The van der Waals surface area contributed by atoms with E-state index in [1.165, 1.54) is 24.4 Å². The average molecular weight is 1250 g/mol. The topological polar surface area (TPSA) is 259 Å². The zero-order valence-corrected chi connectivity index (χ0v) is 54.4. The molecule has 4 aromatic carbocycles. The number of fused-ring (bicyclic) bond motifs is 20. The molecular weight excluding hydrogens is 1160 g/mol. The number of benzene rings is 4. The Balaban J connectivity index is 1.28. The van der Waals surface area contributed by atoms with Crippen LogP contribution in [0.3, 0.4) is 0 Å². The van der Waals surface area contributed by atoms with E-state index in [0.29, 0.717) is 80.1 Å². The van der Waals surface area contributed by atoms with Crippen LogP contribution in [0.5, 0.6) is 0 Å². The molecule has 0 radical (unpaired) electrons. The number of nitrogens with one attached hydrogen (secondary N) is 6. The van der Waals surface area contributed by atoms with E-state index in [-0.39, 0.29) is 67.6 Å². The van der Waals surface area contributed by atoms with Gasteiger partial charge in [-0.3, -0.25) is 4.72 Å². The van der Waals surface area contributed by atoms with Gasteiger partial charge in [-0.2, -0.15) is 0 Å². The second-order valence-corrected chi connectivity index (χ2v) is 29.4. The van der Waals surface area contributed by atoms with E-state index in [0.717, 1.165) is 108 Å². The molecule has 7 aromatic rings. The monoisotopic (exact) mass is 1250 g/mol. The van der Waals surface area contributed by atoms with E-state index in [4.69, 9.17) is 29.9 Å².